The van der Waals surface area contributed by atoms with Gasteiger partial charge in [0.05, 0.1) is 19.8 Å². The van der Waals surface area contributed by atoms with E-state index in [0.717, 1.165) is 38.5 Å². The lowest BCUT2D eigenvalue weighted by atomic mass is 9.55. The van der Waals surface area contributed by atoms with Gasteiger partial charge < -0.3 is 39.7 Å². The van der Waals surface area contributed by atoms with Crippen molar-refractivity contribution in [2.24, 2.45) is 17.3 Å². The van der Waals surface area contributed by atoms with Crippen LogP contribution in [0.4, 0.5) is 0 Å². The molecule has 0 radical (unpaired) electrons. The summed E-state index contributed by atoms with van der Waals surface area (Å²) in [6.07, 6.45) is -0.548. The lowest BCUT2D eigenvalue weighted by Gasteiger charge is -2.51. The molecule has 3 fully saturated rings. The van der Waals surface area contributed by atoms with Crippen molar-refractivity contribution in [2.75, 3.05) is 13.7 Å². The number of fused-ring (bicyclic) bond motifs is 5. The van der Waals surface area contributed by atoms with Crippen molar-refractivity contribution in [3.05, 3.63) is 23.3 Å². The maximum atomic E-state index is 10.5. The van der Waals surface area contributed by atoms with Crippen molar-refractivity contribution in [3.63, 3.8) is 0 Å². The van der Waals surface area contributed by atoms with E-state index in [1.807, 2.05) is 12.1 Å². The maximum absolute atomic E-state index is 10.5. The molecule has 33 heavy (non-hydrogen) atoms. The van der Waals surface area contributed by atoms with E-state index in [-0.39, 0.29) is 17.3 Å². The largest absolute Gasteiger partial charge is 0.504 e. The standard InChI is InChI=1S/C25H36O8/c1-25-8-7-13-14(4-3-12-9-17(27)18(31-2)10-15(12)13)16(25)5-6-20(25)33-24-23(30)22(29)21(28)19(11-26)32-24/h9-10,13-14,16,19-24,26-30H,3-8,11H2,1-2H3/t13-,14+,16-,19+,20-,21+,22-,23+,24-,25-/m0/s1. The molecule has 1 heterocycles. The van der Waals surface area contributed by atoms with Crippen LogP contribution in [0.25, 0.3) is 0 Å². The van der Waals surface area contributed by atoms with Gasteiger partial charge in [0.2, 0.25) is 0 Å². The second-order valence-electron chi connectivity index (χ2n) is 10.6. The molecular formula is C25H36O8. The minimum atomic E-state index is -1.43. The van der Waals surface area contributed by atoms with Crippen LogP contribution in [0, 0.1) is 17.3 Å². The molecule has 8 nitrogen and oxygen atoms in total. The molecule has 8 heteroatoms. The van der Waals surface area contributed by atoms with Gasteiger partial charge >= 0.3 is 0 Å². The first-order valence-corrected chi connectivity index (χ1v) is 12.1. The van der Waals surface area contributed by atoms with Crippen LogP contribution in [-0.4, -0.2) is 76.1 Å². The molecule has 0 amide bonds. The number of aliphatic hydroxyl groups excluding tert-OH is 4. The molecular weight excluding hydrogens is 428 g/mol. The van der Waals surface area contributed by atoms with Crippen LogP contribution in [-0.2, 0) is 15.9 Å². The maximum Gasteiger partial charge on any atom is 0.186 e. The zero-order valence-electron chi connectivity index (χ0n) is 19.3. The summed E-state index contributed by atoms with van der Waals surface area (Å²) in [5.74, 6) is 2.11. The highest BCUT2D eigenvalue weighted by Gasteiger charge is 2.57. The molecule has 184 valence electrons. The number of methoxy groups -OCH3 is 1. The average molecular weight is 465 g/mol. The van der Waals surface area contributed by atoms with Gasteiger partial charge in [0, 0.05) is 0 Å². The number of phenolic OH excluding ortho intramolecular Hbond substituents is 1. The first-order valence-electron chi connectivity index (χ1n) is 12.1. The van der Waals surface area contributed by atoms with Gasteiger partial charge in [0.1, 0.15) is 24.4 Å². The third-order valence-corrected chi connectivity index (χ3v) is 9.08. The Morgan fingerprint density at radius 1 is 1.06 bits per heavy atom. The fraction of sp³-hybridized carbons (Fsp3) is 0.760. The summed E-state index contributed by atoms with van der Waals surface area (Å²) < 4.78 is 17.3. The molecule has 0 bridgehead atoms. The average Bonchev–Trinajstić information content (AvgIpc) is 3.14. The van der Waals surface area contributed by atoms with Crippen molar-refractivity contribution < 1.29 is 39.7 Å². The van der Waals surface area contributed by atoms with E-state index in [9.17, 15) is 25.5 Å². The molecule has 0 aromatic heterocycles. The van der Waals surface area contributed by atoms with Gasteiger partial charge in [0.15, 0.2) is 17.8 Å². The Balaban J connectivity index is 1.35. The predicted molar refractivity (Wildman–Crippen MR) is 118 cm³/mol. The summed E-state index contributed by atoms with van der Waals surface area (Å²) in [5.41, 5.74) is 2.42. The van der Waals surface area contributed by atoms with Gasteiger partial charge in [-0.25, -0.2) is 0 Å². The van der Waals surface area contributed by atoms with Crippen molar-refractivity contribution in [1.82, 2.24) is 0 Å². The molecule has 1 aliphatic heterocycles. The molecule has 10 atom stereocenters. The van der Waals surface area contributed by atoms with E-state index < -0.39 is 37.3 Å². The summed E-state index contributed by atoms with van der Waals surface area (Å²) in [7, 11) is 1.58. The summed E-state index contributed by atoms with van der Waals surface area (Å²) in [4.78, 5) is 0. The SMILES string of the molecule is COc1cc2c(cc1O)CC[C@@H]1[C@@H]2CC[C@]2(C)[C@@H](O[C@@H]3O[C@H](CO)[C@@H](O)[C@H](O)[C@H]3O)CC[C@@H]12. The Kier molecular flexibility index (Phi) is 6.12. The molecule has 4 aliphatic rings. The fourth-order valence-electron chi connectivity index (χ4n) is 7.27. The van der Waals surface area contributed by atoms with Crippen LogP contribution in [0.5, 0.6) is 11.5 Å². The van der Waals surface area contributed by atoms with Crippen LogP contribution in [0.15, 0.2) is 12.1 Å². The number of aryl methyl sites for hydroxylation is 1. The smallest absolute Gasteiger partial charge is 0.186 e. The zero-order valence-corrected chi connectivity index (χ0v) is 19.3. The minimum absolute atomic E-state index is 0.0848. The molecule has 1 aromatic rings. The molecule has 5 rings (SSSR count). The Morgan fingerprint density at radius 3 is 2.58 bits per heavy atom. The second kappa shape index (κ2) is 8.66. The van der Waals surface area contributed by atoms with Gasteiger partial charge in [-0.15, -0.1) is 0 Å². The van der Waals surface area contributed by atoms with Crippen LogP contribution in [0.3, 0.4) is 0 Å². The Morgan fingerprint density at radius 2 is 1.85 bits per heavy atom. The number of hydrogen-bond donors (Lipinski definition) is 5. The number of hydrogen-bond acceptors (Lipinski definition) is 8. The first kappa shape index (κ1) is 23.3. The van der Waals surface area contributed by atoms with Crippen LogP contribution >= 0.6 is 0 Å². The number of aliphatic hydroxyl groups is 4. The topological polar surface area (TPSA) is 129 Å². The van der Waals surface area contributed by atoms with Crippen molar-refractivity contribution in [3.8, 4) is 11.5 Å². The highest BCUT2D eigenvalue weighted by atomic mass is 16.7. The van der Waals surface area contributed by atoms with Gasteiger partial charge in [-0.1, -0.05) is 6.92 Å². The number of ether oxygens (including phenoxy) is 3. The number of phenols is 1. The van der Waals surface area contributed by atoms with E-state index in [2.05, 4.69) is 6.92 Å². The summed E-state index contributed by atoms with van der Waals surface area (Å²) in [5, 5.41) is 50.4. The molecule has 0 spiro atoms. The van der Waals surface area contributed by atoms with Crippen molar-refractivity contribution in [2.45, 2.75) is 88.2 Å². The van der Waals surface area contributed by atoms with Gasteiger partial charge in [0.25, 0.3) is 0 Å². The highest BCUT2D eigenvalue weighted by Crippen LogP contribution is 2.62. The Hall–Kier alpha value is -1.42. The van der Waals surface area contributed by atoms with E-state index >= 15 is 0 Å². The third kappa shape index (κ3) is 3.66. The lowest BCUT2D eigenvalue weighted by Crippen LogP contribution is -2.60. The van der Waals surface area contributed by atoms with Crippen LogP contribution in [0.1, 0.15) is 56.1 Å². The molecule has 1 aromatic carbocycles. The number of rotatable bonds is 4. The van der Waals surface area contributed by atoms with Gasteiger partial charge in [-0.05, 0) is 85.0 Å². The quantitative estimate of drug-likeness (QED) is 0.453. The number of benzene rings is 1. The van der Waals surface area contributed by atoms with E-state index in [0.29, 0.717) is 23.5 Å². The third-order valence-electron chi connectivity index (χ3n) is 9.08. The predicted octanol–water partition coefficient (Wildman–Crippen LogP) is 1.44. The summed E-state index contributed by atoms with van der Waals surface area (Å²) >= 11 is 0. The van der Waals surface area contributed by atoms with Crippen LogP contribution in [0.2, 0.25) is 0 Å². The Bertz CT molecular complexity index is 874. The zero-order chi connectivity index (χ0) is 23.5. The monoisotopic (exact) mass is 464 g/mol. The van der Waals surface area contributed by atoms with Gasteiger partial charge in [-0.2, -0.15) is 0 Å². The Labute approximate surface area is 194 Å². The minimum Gasteiger partial charge on any atom is -0.504 e. The molecule has 5 N–H and O–H groups in total. The van der Waals surface area contributed by atoms with E-state index in [1.165, 1.54) is 11.1 Å². The van der Waals surface area contributed by atoms with E-state index in [4.69, 9.17) is 14.2 Å². The second-order valence-corrected chi connectivity index (χ2v) is 10.6. The lowest BCUT2D eigenvalue weighted by molar-refractivity contribution is -0.319. The van der Waals surface area contributed by atoms with Crippen LogP contribution < -0.4 is 4.74 Å². The van der Waals surface area contributed by atoms with Gasteiger partial charge in [-0.3, -0.25) is 0 Å². The molecule has 2 saturated carbocycles. The molecule has 3 aliphatic carbocycles. The molecule has 0 unspecified atom stereocenters. The number of aromatic hydroxyl groups is 1. The normalized spacial score (nSPS) is 44.6. The molecule has 1 saturated heterocycles. The first-order chi connectivity index (χ1) is 15.8. The van der Waals surface area contributed by atoms with Crippen molar-refractivity contribution in [1.29, 1.82) is 0 Å². The highest BCUT2D eigenvalue weighted by molar-refractivity contribution is 5.49. The van der Waals surface area contributed by atoms with E-state index in [1.54, 1.807) is 7.11 Å². The summed E-state index contributed by atoms with van der Waals surface area (Å²) in [6.45, 7) is 1.81. The summed E-state index contributed by atoms with van der Waals surface area (Å²) in [6, 6.07) is 3.87. The van der Waals surface area contributed by atoms with Crippen molar-refractivity contribution >= 4 is 0 Å². The fourth-order valence-corrected chi connectivity index (χ4v) is 7.27.